The normalized spacial score (nSPS) is 14.9. The topological polar surface area (TPSA) is 67.9 Å². The maximum atomic E-state index is 12.2. The number of benzene rings is 1. The van der Waals surface area contributed by atoms with Crippen LogP contribution in [0, 0.1) is 0 Å². The molecule has 0 aromatic heterocycles. The Labute approximate surface area is 153 Å². The molecule has 1 aromatic carbocycles. The van der Waals surface area contributed by atoms with Crippen LogP contribution in [0.2, 0.25) is 0 Å². The van der Waals surface area contributed by atoms with E-state index in [0.29, 0.717) is 37.7 Å². The van der Waals surface area contributed by atoms with Crippen molar-refractivity contribution in [2.24, 2.45) is 0 Å². The van der Waals surface area contributed by atoms with Crippen LogP contribution in [0.4, 0.5) is 0 Å². The standard InChI is InChI=1S/C18H25ClN2O4/c1-2-24-15-3-5-16(6-4-15)25-13-18(23)21-11-8-14(9-12-21)20-17(22)7-10-19/h3-6,14H,2,7-13H2,1H3,(H,20,22). The van der Waals surface area contributed by atoms with Crippen molar-refractivity contribution in [1.82, 2.24) is 10.2 Å². The third kappa shape index (κ3) is 6.46. The van der Waals surface area contributed by atoms with Crippen LogP contribution >= 0.6 is 11.6 Å². The molecule has 6 nitrogen and oxygen atoms in total. The largest absolute Gasteiger partial charge is 0.494 e. The molecule has 1 aliphatic heterocycles. The molecule has 0 aliphatic carbocycles. The summed E-state index contributed by atoms with van der Waals surface area (Å²) in [5.74, 6) is 1.67. The van der Waals surface area contributed by atoms with E-state index in [0.717, 1.165) is 18.6 Å². The number of nitrogens with one attached hydrogen (secondary N) is 1. The van der Waals surface area contributed by atoms with Crippen molar-refractivity contribution < 1.29 is 19.1 Å². The minimum atomic E-state index is -0.0422. The van der Waals surface area contributed by atoms with Crippen LogP contribution in [0.1, 0.15) is 26.2 Å². The second-order valence-corrected chi connectivity index (χ2v) is 6.23. The molecule has 2 rings (SSSR count). The number of carbonyl (C=O) groups is 2. The van der Waals surface area contributed by atoms with Gasteiger partial charge in [0.25, 0.3) is 5.91 Å². The molecule has 0 radical (unpaired) electrons. The van der Waals surface area contributed by atoms with E-state index in [1.54, 1.807) is 17.0 Å². The Balaban J connectivity index is 1.70. The van der Waals surface area contributed by atoms with Crippen LogP contribution in [-0.2, 0) is 9.59 Å². The van der Waals surface area contributed by atoms with Gasteiger partial charge < -0.3 is 19.7 Å². The molecule has 1 N–H and O–H groups in total. The van der Waals surface area contributed by atoms with Gasteiger partial charge in [-0.3, -0.25) is 9.59 Å². The Morgan fingerprint density at radius 2 is 1.76 bits per heavy atom. The molecule has 1 fully saturated rings. The summed E-state index contributed by atoms with van der Waals surface area (Å²) >= 11 is 5.55. The molecule has 0 bridgehead atoms. The molecule has 1 saturated heterocycles. The Morgan fingerprint density at radius 1 is 1.16 bits per heavy atom. The number of alkyl halides is 1. The smallest absolute Gasteiger partial charge is 0.260 e. The highest BCUT2D eigenvalue weighted by atomic mass is 35.5. The third-order valence-corrected chi connectivity index (χ3v) is 4.22. The van der Waals surface area contributed by atoms with Gasteiger partial charge in [0.2, 0.25) is 5.91 Å². The summed E-state index contributed by atoms with van der Waals surface area (Å²) in [5, 5.41) is 2.95. The summed E-state index contributed by atoms with van der Waals surface area (Å²) in [4.78, 5) is 25.6. The fourth-order valence-electron chi connectivity index (χ4n) is 2.69. The molecule has 1 aromatic rings. The van der Waals surface area contributed by atoms with Crippen molar-refractivity contribution in [2.75, 3.05) is 32.2 Å². The van der Waals surface area contributed by atoms with Crippen LogP contribution in [0.3, 0.4) is 0 Å². The number of hydrogen-bond donors (Lipinski definition) is 1. The first-order valence-electron chi connectivity index (χ1n) is 8.61. The van der Waals surface area contributed by atoms with Crippen molar-refractivity contribution in [1.29, 1.82) is 0 Å². The van der Waals surface area contributed by atoms with E-state index < -0.39 is 0 Å². The zero-order chi connectivity index (χ0) is 18.1. The van der Waals surface area contributed by atoms with Crippen LogP contribution in [0.5, 0.6) is 11.5 Å². The number of hydrogen-bond acceptors (Lipinski definition) is 4. The second kappa shape index (κ2) is 10.1. The zero-order valence-electron chi connectivity index (χ0n) is 14.5. The lowest BCUT2D eigenvalue weighted by Gasteiger charge is -2.32. The second-order valence-electron chi connectivity index (χ2n) is 5.85. The summed E-state index contributed by atoms with van der Waals surface area (Å²) in [6, 6.07) is 7.33. The minimum absolute atomic E-state index is 0.0112. The molecule has 138 valence electrons. The van der Waals surface area contributed by atoms with Gasteiger partial charge in [-0.1, -0.05) is 0 Å². The Morgan fingerprint density at radius 3 is 2.32 bits per heavy atom. The molecule has 7 heteroatoms. The highest BCUT2D eigenvalue weighted by molar-refractivity contribution is 6.18. The number of carbonyl (C=O) groups excluding carboxylic acids is 2. The van der Waals surface area contributed by atoms with E-state index in [9.17, 15) is 9.59 Å². The van der Waals surface area contributed by atoms with Gasteiger partial charge in [-0.25, -0.2) is 0 Å². The summed E-state index contributed by atoms with van der Waals surface area (Å²) in [6.45, 7) is 3.79. The Hall–Kier alpha value is -1.95. The predicted molar refractivity (Wildman–Crippen MR) is 96.2 cm³/mol. The van der Waals surface area contributed by atoms with Gasteiger partial charge in [-0.05, 0) is 44.0 Å². The Kier molecular flexibility index (Phi) is 7.85. The van der Waals surface area contributed by atoms with Gasteiger partial charge in [-0.2, -0.15) is 0 Å². The fraction of sp³-hybridized carbons (Fsp3) is 0.556. The number of halogens is 1. The van der Waals surface area contributed by atoms with Gasteiger partial charge in [0, 0.05) is 31.4 Å². The van der Waals surface area contributed by atoms with Crippen molar-refractivity contribution in [3.63, 3.8) is 0 Å². The lowest BCUT2D eigenvalue weighted by atomic mass is 10.0. The first-order valence-corrected chi connectivity index (χ1v) is 9.14. The van der Waals surface area contributed by atoms with Crippen LogP contribution in [-0.4, -0.2) is 54.9 Å². The summed E-state index contributed by atoms with van der Waals surface area (Å²) < 4.78 is 10.9. The molecular weight excluding hydrogens is 344 g/mol. The molecule has 1 heterocycles. The number of nitrogens with zero attached hydrogens (tertiary/aromatic N) is 1. The van der Waals surface area contributed by atoms with E-state index >= 15 is 0 Å². The molecule has 0 unspecified atom stereocenters. The van der Waals surface area contributed by atoms with Crippen molar-refractivity contribution in [2.45, 2.75) is 32.2 Å². The Bertz CT molecular complexity index is 557. The van der Waals surface area contributed by atoms with Gasteiger partial charge in [0.1, 0.15) is 11.5 Å². The van der Waals surface area contributed by atoms with E-state index in [2.05, 4.69) is 5.32 Å². The molecule has 0 spiro atoms. The quantitative estimate of drug-likeness (QED) is 0.714. The maximum Gasteiger partial charge on any atom is 0.260 e. The molecular formula is C18H25ClN2O4. The molecule has 25 heavy (non-hydrogen) atoms. The van der Waals surface area contributed by atoms with Crippen molar-refractivity contribution >= 4 is 23.4 Å². The van der Waals surface area contributed by atoms with Crippen LogP contribution in [0.25, 0.3) is 0 Å². The molecule has 1 aliphatic rings. The summed E-state index contributed by atoms with van der Waals surface area (Å²) in [7, 11) is 0. The monoisotopic (exact) mass is 368 g/mol. The minimum Gasteiger partial charge on any atom is -0.494 e. The number of ether oxygens (including phenoxy) is 2. The fourth-order valence-corrected chi connectivity index (χ4v) is 2.87. The van der Waals surface area contributed by atoms with E-state index in [1.165, 1.54) is 0 Å². The highest BCUT2D eigenvalue weighted by Crippen LogP contribution is 2.18. The summed E-state index contributed by atoms with van der Waals surface area (Å²) in [5.41, 5.74) is 0. The first kappa shape index (κ1) is 19.4. The lowest BCUT2D eigenvalue weighted by molar-refractivity contribution is -0.134. The SMILES string of the molecule is CCOc1ccc(OCC(=O)N2CCC(NC(=O)CCCl)CC2)cc1. The van der Waals surface area contributed by atoms with Gasteiger partial charge in [0.15, 0.2) is 6.61 Å². The molecule has 2 amide bonds. The van der Waals surface area contributed by atoms with Crippen molar-refractivity contribution in [3.8, 4) is 11.5 Å². The number of amides is 2. The van der Waals surface area contributed by atoms with Gasteiger partial charge >= 0.3 is 0 Å². The maximum absolute atomic E-state index is 12.2. The highest BCUT2D eigenvalue weighted by Gasteiger charge is 2.23. The first-order chi connectivity index (χ1) is 12.1. The number of piperidine rings is 1. The molecule has 0 atom stereocenters. The third-order valence-electron chi connectivity index (χ3n) is 4.03. The van der Waals surface area contributed by atoms with Crippen LogP contribution < -0.4 is 14.8 Å². The average Bonchev–Trinajstić information content (AvgIpc) is 2.62. The van der Waals surface area contributed by atoms with Crippen molar-refractivity contribution in [3.05, 3.63) is 24.3 Å². The van der Waals surface area contributed by atoms with E-state index in [4.69, 9.17) is 21.1 Å². The zero-order valence-corrected chi connectivity index (χ0v) is 15.3. The molecule has 0 saturated carbocycles. The predicted octanol–water partition coefficient (Wildman–Crippen LogP) is 2.20. The van der Waals surface area contributed by atoms with Gasteiger partial charge in [0.05, 0.1) is 6.61 Å². The van der Waals surface area contributed by atoms with E-state index in [-0.39, 0.29) is 24.5 Å². The van der Waals surface area contributed by atoms with Crippen LogP contribution in [0.15, 0.2) is 24.3 Å². The summed E-state index contributed by atoms with van der Waals surface area (Å²) in [6.07, 6.45) is 1.84. The number of likely N-dealkylation sites (tertiary alicyclic amines) is 1. The number of rotatable bonds is 8. The van der Waals surface area contributed by atoms with Gasteiger partial charge in [-0.15, -0.1) is 11.6 Å². The average molecular weight is 369 g/mol. The lowest BCUT2D eigenvalue weighted by Crippen LogP contribution is -2.47. The van der Waals surface area contributed by atoms with E-state index in [1.807, 2.05) is 19.1 Å².